The van der Waals surface area contributed by atoms with Gasteiger partial charge in [-0.2, -0.15) is 4.98 Å². The Balaban J connectivity index is 1.48. The Morgan fingerprint density at radius 1 is 0.846 bits per heavy atom. The number of ether oxygens (including phenoxy) is 1. The molecule has 0 saturated carbocycles. The van der Waals surface area contributed by atoms with Crippen molar-refractivity contribution in [3.05, 3.63) is 36.0 Å². The highest BCUT2D eigenvalue weighted by atomic mass is 16.5. The quantitative estimate of drug-likeness (QED) is 0.842. The zero-order valence-corrected chi connectivity index (χ0v) is 15.7. The van der Waals surface area contributed by atoms with E-state index in [-0.39, 0.29) is 0 Å². The summed E-state index contributed by atoms with van der Waals surface area (Å²) in [5, 5.41) is 0. The molecule has 26 heavy (non-hydrogen) atoms. The maximum atomic E-state index is 5.51. The van der Waals surface area contributed by atoms with Gasteiger partial charge in [0.25, 0.3) is 0 Å². The molecule has 6 heteroatoms. The normalized spacial score (nSPS) is 17.7. The number of methoxy groups -OCH3 is 1. The molecular weight excluding hydrogens is 326 g/mol. The summed E-state index contributed by atoms with van der Waals surface area (Å²) in [6.45, 7) is 8.00. The fourth-order valence-electron chi connectivity index (χ4n) is 3.82. The summed E-state index contributed by atoms with van der Waals surface area (Å²) in [6, 6.07) is 10.3. The van der Waals surface area contributed by atoms with Gasteiger partial charge in [0.05, 0.1) is 12.8 Å². The van der Waals surface area contributed by atoms with E-state index in [2.05, 4.69) is 39.8 Å². The number of aryl methyl sites for hydroxylation is 1. The molecule has 6 nitrogen and oxygen atoms in total. The standard InChI is InChI=1S/C20H27N5O/c1-16-15-19(24-9-5-6-10-24)22-20(21-16)25-13-11-23(12-14-25)17-7-3-4-8-18(17)26-2/h3-4,7-8,15H,5-6,9-14H2,1-2H3. The number of nitrogens with zero attached hydrogens (tertiary/aromatic N) is 5. The van der Waals surface area contributed by atoms with Crippen molar-refractivity contribution in [2.75, 3.05) is 61.1 Å². The van der Waals surface area contributed by atoms with Crippen molar-refractivity contribution in [2.24, 2.45) is 0 Å². The van der Waals surface area contributed by atoms with Crippen LogP contribution >= 0.6 is 0 Å². The first-order valence-corrected chi connectivity index (χ1v) is 9.48. The van der Waals surface area contributed by atoms with E-state index in [0.29, 0.717) is 0 Å². The van der Waals surface area contributed by atoms with Gasteiger partial charge in [0.15, 0.2) is 0 Å². The van der Waals surface area contributed by atoms with Gasteiger partial charge in [0.2, 0.25) is 5.95 Å². The Hall–Kier alpha value is -2.50. The van der Waals surface area contributed by atoms with E-state index in [9.17, 15) is 0 Å². The molecule has 0 amide bonds. The van der Waals surface area contributed by atoms with Crippen LogP contribution < -0.4 is 19.4 Å². The van der Waals surface area contributed by atoms with Crippen LogP contribution in [0.4, 0.5) is 17.5 Å². The molecule has 0 unspecified atom stereocenters. The van der Waals surface area contributed by atoms with E-state index < -0.39 is 0 Å². The number of rotatable bonds is 4. The predicted molar refractivity (Wildman–Crippen MR) is 106 cm³/mol. The zero-order chi connectivity index (χ0) is 17.9. The molecule has 1 aromatic heterocycles. The SMILES string of the molecule is COc1ccccc1N1CCN(c2nc(C)cc(N3CCCC3)n2)CC1. The second kappa shape index (κ2) is 7.40. The number of para-hydroxylation sites is 2. The lowest BCUT2D eigenvalue weighted by molar-refractivity contribution is 0.413. The summed E-state index contributed by atoms with van der Waals surface area (Å²) in [7, 11) is 1.73. The maximum absolute atomic E-state index is 5.51. The first-order chi connectivity index (χ1) is 12.7. The van der Waals surface area contributed by atoms with E-state index in [1.165, 1.54) is 12.8 Å². The smallest absolute Gasteiger partial charge is 0.227 e. The van der Waals surface area contributed by atoms with Crippen molar-refractivity contribution >= 4 is 17.5 Å². The van der Waals surface area contributed by atoms with Crippen molar-refractivity contribution in [1.82, 2.24) is 9.97 Å². The van der Waals surface area contributed by atoms with Crippen LogP contribution in [0.15, 0.2) is 30.3 Å². The Bertz CT molecular complexity index is 752. The molecule has 0 aliphatic carbocycles. The molecular formula is C20H27N5O. The second-order valence-corrected chi connectivity index (χ2v) is 7.01. The maximum Gasteiger partial charge on any atom is 0.227 e. The number of piperazine rings is 1. The molecule has 0 spiro atoms. The van der Waals surface area contributed by atoms with Crippen LogP contribution in [0.1, 0.15) is 18.5 Å². The Labute approximate surface area is 155 Å². The van der Waals surface area contributed by atoms with Crippen LogP contribution in [0, 0.1) is 6.92 Å². The third kappa shape index (κ3) is 3.41. The van der Waals surface area contributed by atoms with E-state index in [0.717, 1.165) is 68.2 Å². The third-order valence-corrected chi connectivity index (χ3v) is 5.25. The highest BCUT2D eigenvalue weighted by molar-refractivity contribution is 5.59. The van der Waals surface area contributed by atoms with Gasteiger partial charge in [0, 0.05) is 51.0 Å². The van der Waals surface area contributed by atoms with Crippen LogP contribution in [0.2, 0.25) is 0 Å². The van der Waals surface area contributed by atoms with Gasteiger partial charge in [-0.25, -0.2) is 4.98 Å². The minimum atomic E-state index is 0.867. The van der Waals surface area contributed by atoms with Gasteiger partial charge < -0.3 is 19.4 Å². The fraction of sp³-hybridized carbons (Fsp3) is 0.500. The minimum Gasteiger partial charge on any atom is -0.495 e. The average molecular weight is 353 g/mol. The van der Waals surface area contributed by atoms with Crippen molar-refractivity contribution in [3.8, 4) is 5.75 Å². The van der Waals surface area contributed by atoms with Crippen LogP contribution in [-0.2, 0) is 0 Å². The average Bonchev–Trinajstić information content (AvgIpc) is 3.22. The molecule has 4 rings (SSSR count). The van der Waals surface area contributed by atoms with Gasteiger partial charge in [-0.3, -0.25) is 0 Å². The first-order valence-electron chi connectivity index (χ1n) is 9.48. The summed E-state index contributed by atoms with van der Waals surface area (Å²) < 4.78 is 5.51. The number of benzene rings is 1. The lowest BCUT2D eigenvalue weighted by Gasteiger charge is -2.37. The molecule has 138 valence electrons. The van der Waals surface area contributed by atoms with Gasteiger partial charge in [-0.15, -0.1) is 0 Å². The van der Waals surface area contributed by atoms with E-state index in [1.54, 1.807) is 7.11 Å². The van der Waals surface area contributed by atoms with Crippen molar-refractivity contribution in [2.45, 2.75) is 19.8 Å². The van der Waals surface area contributed by atoms with Crippen LogP contribution in [-0.4, -0.2) is 56.3 Å². The van der Waals surface area contributed by atoms with Crippen molar-refractivity contribution in [3.63, 3.8) is 0 Å². The summed E-state index contributed by atoms with van der Waals surface area (Å²) in [5.41, 5.74) is 2.21. The van der Waals surface area contributed by atoms with E-state index >= 15 is 0 Å². The Morgan fingerprint density at radius 2 is 1.54 bits per heavy atom. The first kappa shape index (κ1) is 16.9. The lowest BCUT2D eigenvalue weighted by atomic mass is 10.2. The van der Waals surface area contributed by atoms with E-state index in [1.807, 2.05) is 12.1 Å². The molecule has 2 fully saturated rings. The lowest BCUT2D eigenvalue weighted by Crippen LogP contribution is -2.47. The topological polar surface area (TPSA) is 44.7 Å². The number of anilines is 3. The highest BCUT2D eigenvalue weighted by Gasteiger charge is 2.23. The van der Waals surface area contributed by atoms with Crippen LogP contribution in [0.25, 0.3) is 0 Å². The number of hydrogen-bond acceptors (Lipinski definition) is 6. The Kier molecular flexibility index (Phi) is 4.82. The molecule has 1 aromatic carbocycles. The van der Waals surface area contributed by atoms with E-state index in [4.69, 9.17) is 14.7 Å². The van der Waals surface area contributed by atoms with Gasteiger partial charge in [0.1, 0.15) is 11.6 Å². The minimum absolute atomic E-state index is 0.867. The summed E-state index contributed by atoms with van der Waals surface area (Å²) in [6.07, 6.45) is 2.52. The van der Waals surface area contributed by atoms with Crippen LogP contribution in [0.5, 0.6) is 5.75 Å². The van der Waals surface area contributed by atoms with Gasteiger partial charge in [-0.05, 0) is 31.9 Å². The number of aromatic nitrogens is 2. The summed E-state index contributed by atoms with van der Waals surface area (Å²) in [4.78, 5) is 16.6. The third-order valence-electron chi connectivity index (χ3n) is 5.25. The van der Waals surface area contributed by atoms with Gasteiger partial charge >= 0.3 is 0 Å². The fourth-order valence-corrected chi connectivity index (χ4v) is 3.82. The zero-order valence-electron chi connectivity index (χ0n) is 15.7. The molecule has 2 saturated heterocycles. The summed E-state index contributed by atoms with van der Waals surface area (Å²) >= 11 is 0. The summed E-state index contributed by atoms with van der Waals surface area (Å²) in [5.74, 6) is 2.88. The number of hydrogen-bond donors (Lipinski definition) is 0. The van der Waals surface area contributed by atoms with Crippen LogP contribution in [0.3, 0.4) is 0 Å². The Morgan fingerprint density at radius 3 is 2.27 bits per heavy atom. The van der Waals surface area contributed by atoms with Crippen molar-refractivity contribution < 1.29 is 4.74 Å². The monoisotopic (exact) mass is 353 g/mol. The van der Waals surface area contributed by atoms with Crippen molar-refractivity contribution in [1.29, 1.82) is 0 Å². The highest BCUT2D eigenvalue weighted by Crippen LogP contribution is 2.29. The molecule has 0 atom stereocenters. The predicted octanol–water partition coefficient (Wildman–Crippen LogP) is 2.72. The molecule has 3 heterocycles. The molecule has 2 aliphatic rings. The molecule has 0 bridgehead atoms. The largest absolute Gasteiger partial charge is 0.495 e. The second-order valence-electron chi connectivity index (χ2n) is 7.01. The molecule has 2 aromatic rings. The molecule has 0 radical (unpaired) electrons. The molecule has 0 N–H and O–H groups in total. The molecule has 2 aliphatic heterocycles. The van der Waals surface area contributed by atoms with Gasteiger partial charge in [-0.1, -0.05) is 12.1 Å².